The summed E-state index contributed by atoms with van der Waals surface area (Å²) in [5.74, 6) is -0.291. The van der Waals surface area contributed by atoms with Crippen LogP contribution in [0.5, 0.6) is 11.5 Å². The van der Waals surface area contributed by atoms with Gasteiger partial charge >= 0.3 is 12.0 Å². The molecule has 0 radical (unpaired) electrons. The Kier molecular flexibility index (Phi) is 6.58. The number of ether oxygens (including phenoxy) is 3. The van der Waals surface area contributed by atoms with Crippen LogP contribution >= 0.6 is 11.6 Å². The van der Waals surface area contributed by atoms with E-state index >= 15 is 0 Å². The molecule has 30 heavy (non-hydrogen) atoms. The van der Waals surface area contributed by atoms with E-state index in [0.717, 1.165) is 4.90 Å². The summed E-state index contributed by atoms with van der Waals surface area (Å²) in [5, 5.41) is 2.97. The zero-order valence-electron chi connectivity index (χ0n) is 16.3. The van der Waals surface area contributed by atoms with E-state index in [4.69, 9.17) is 21.1 Å². The maximum absolute atomic E-state index is 12.7. The number of anilines is 1. The fourth-order valence-corrected chi connectivity index (χ4v) is 2.93. The Morgan fingerprint density at radius 3 is 2.63 bits per heavy atom. The number of nitrogens with one attached hydrogen (secondary N) is 1. The van der Waals surface area contributed by atoms with Gasteiger partial charge in [0, 0.05) is 5.02 Å². The van der Waals surface area contributed by atoms with Crippen molar-refractivity contribution in [2.24, 2.45) is 0 Å². The number of carbonyl (C=O) groups is 3. The lowest BCUT2D eigenvalue weighted by Crippen LogP contribution is -2.30. The molecule has 1 N–H and O–H groups in total. The minimum atomic E-state index is -0.573. The van der Waals surface area contributed by atoms with Crippen LogP contribution in [0.3, 0.4) is 0 Å². The molecule has 156 valence electrons. The van der Waals surface area contributed by atoms with Gasteiger partial charge in [0.25, 0.3) is 5.91 Å². The maximum atomic E-state index is 12.7. The second-order valence-electron chi connectivity index (χ2n) is 6.11. The monoisotopic (exact) mass is 430 g/mol. The van der Waals surface area contributed by atoms with Crippen LogP contribution in [0.4, 0.5) is 10.5 Å². The predicted molar refractivity (Wildman–Crippen MR) is 111 cm³/mol. The topological polar surface area (TPSA) is 94.2 Å². The third-order valence-corrected chi connectivity index (χ3v) is 4.33. The summed E-state index contributed by atoms with van der Waals surface area (Å²) in [7, 11) is 1.27. The minimum Gasteiger partial charge on any atom is -0.490 e. The molecular formula is C21H19ClN2O6. The van der Waals surface area contributed by atoms with Crippen LogP contribution in [-0.4, -0.2) is 38.2 Å². The van der Waals surface area contributed by atoms with Crippen LogP contribution in [-0.2, 0) is 14.3 Å². The van der Waals surface area contributed by atoms with Crippen LogP contribution in [0, 0.1) is 0 Å². The number of hydrogen-bond donors (Lipinski definition) is 1. The van der Waals surface area contributed by atoms with Gasteiger partial charge in [-0.1, -0.05) is 23.7 Å². The Labute approximate surface area is 178 Å². The summed E-state index contributed by atoms with van der Waals surface area (Å²) in [6, 6.07) is 10.8. The molecule has 0 aliphatic carbocycles. The SMILES string of the molecule is CCOc1cc(C=C2NC(=O)N(c3cccc(Cl)c3)C2=O)ccc1OCC(=O)OC. The zero-order valence-corrected chi connectivity index (χ0v) is 17.1. The van der Waals surface area contributed by atoms with Gasteiger partial charge in [-0.15, -0.1) is 0 Å². The second kappa shape index (κ2) is 9.32. The van der Waals surface area contributed by atoms with E-state index in [-0.39, 0.29) is 12.3 Å². The highest BCUT2D eigenvalue weighted by Gasteiger charge is 2.35. The molecule has 1 aliphatic heterocycles. The molecule has 3 amide bonds. The van der Waals surface area contributed by atoms with Gasteiger partial charge in [-0.25, -0.2) is 14.5 Å². The second-order valence-corrected chi connectivity index (χ2v) is 6.55. The number of urea groups is 1. The van der Waals surface area contributed by atoms with Gasteiger partial charge in [0.1, 0.15) is 5.70 Å². The lowest BCUT2D eigenvalue weighted by molar-refractivity contribution is -0.142. The van der Waals surface area contributed by atoms with Crippen LogP contribution in [0.2, 0.25) is 5.02 Å². The Hall–Kier alpha value is -3.52. The molecule has 8 nitrogen and oxygen atoms in total. The van der Waals surface area contributed by atoms with Crippen molar-refractivity contribution < 1.29 is 28.6 Å². The molecule has 2 aromatic rings. The minimum absolute atomic E-state index is 0.102. The molecule has 9 heteroatoms. The Morgan fingerprint density at radius 2 is 1.93 bits per heavy atom. The molecule has 1 aliphatic rings. The van der Waals surface area contributed by atoms with Crippen molar-refractivity contribution in [3.05, 3.63) is 58.7 Å². The number of methoxy groups -OCH3 is 1. The number of esters is 1. The zero-order chi connectivity index (χ0) is 21.7. The summed E-state index contributed by atoms with van der Waals surface area (Å²) >= 11 is 5.96. The fourth-order valence-electron chi connectivity index (χ4n) is 2.75. The Bertz CT molecular complexity index is 1020. The van der Waals surface area contributed by atoms with E-state index < -0.39 is 17.9 Å². The molecule has 0 bridgehead atoms. The molecule has 1 saturated heterocycles. The quantitative estimate of drug-likeness (QED) is 0.411. The van der Waals surface area contributed by atoms with E-state index in [9.17, 15) is 14.4 Å². The van der Waals surface area contributed by atoms with Crippen molar-refractivity contribution >= 4 is 41.3 Å². The first-order chi connectivity index (χ1) is 14.4. The van der Waals surface area contributed by atoms with Gasteiger partial charge in [0.2, 0.25) is 0 Å². The van der Waals surface area contributed by atoms with Gasteiger partial charge in [-0.05, 0) is 48.9 Å². The number of halogens is 1. The number of nitrogens with zero attached hydrogens (tertiary/aromatic N) is 1. The van der Waals surface area contributed by atoms with E-state index in [0.29, 0.717) is 34.4 Å². The van der Waals surface area contributed by atoms with Gasteiger partial charge < -0.3 is 19.5 Å². The van der Waals surface area contributed by atoms with E-state index in [2.05, 4.69) is 10.1 Å². The van der Waals surface area contributed by atoms with E-state index in [1.807, 2.05) is 0 Å². The highest BCUT2D eigenvalue weighted by molar-refractivity contribution is 6.32. The predicted octanol–water partition coefficient (Wildman–Crippen LogP) is 3.39. The molecule has 1 fully saturated rings. The van der Waals surface area contributed by atoms with Gasteiger partial charge in [-0.2, -0.15) is 0 Å². The molecule has 0 unspecified atom stereocenters. The van der Waals surface area contributed by atoms with Crippen molar-refractivity contribution in [1.82, 2.24) is 5.32 Å². The molecule has 0 saturated carbocycles. The van der Waals surface area contributed by atoms with Crippen molar-refractivity contribution in [2.75, 3.05) is 25.2 Å². The largest absolute Gasteiger partial charge is 0.490 e. The van der Waals surface area contributed by atoms with Gasteiger partial charge in [-0.3, -0.25) is 4.79 Å². The normalized spacial score (nSPS) is 14.6. The summed E-state index contributed by atoms with van der Waals surface area (Å²) in [6.45, 7) is 1.91. The molecular weight excluding hydrogens is 412 g/mol. The van der Waals surface area contributed by atoms with Crippen LogP contribution in [0.25, 0.3) is 6.08 Å². The average Bonchev–Trinajstić information content (AvgIpc) is 3.00. The van der Waals surface area contributed by atoms with E-state index in [1.54, 1.807) is 43.3 Å². The average molecular weight is 431 g/mol. The van der Waals surface area contributed by atoms with Gasteiger partial charge in [0.15, 0.2) is 18.1 Å². The van der Waals surface area contributed by atoms with Crippen molar-refractivity contribution in [3.63, 3.8) is 0 Å². The number of benzene rings is 2. The number of rotatable bonds is 7. The molecule has 3 rings (SSSR count). The highest BCUT2D eigenvalue weighted by Crippen LogP contribution is 2.30. The molecule has 0 atom stereocenters. The fraction of sp³-hybridized carbons (Fsp3) is 0.190. The first-order valence-corrected chi connectivity index (χ1v) is 9.40. The van der Waals surface area contributed by atoms with Gasteiger partial charge in [0.05, 0.1) is 19.4 Å². The lowest BCUT2D eigenvalue weighted by Gasteiger charge is -2.12. The van der Waals surface area contributed by atoms with Crippen LogP contribution in [0.15, 0.2) is 48.2 Å². The highest BCUT2D eigenvalue weighted by atomic mass is 35.5. The number of carbonyl (C=O) groups excluding carboxylic acids is 3. The van der Waals surface area contributed by atoms with Crippen molar-refractivity contribution in [1.29, 1.82) is 0 Å². The number of imide groups is 1. The third-order valence-electron chi connectivity index (χ3n) is 4.10. The van der Waals surface area contributed by atoms with Crippen LogP contribution < -0.4 is 19.7 Å². The molecule has 1 heterocycles. The molecule has 0 aromatic heterocycles. The summed E-state index contributed by atoms with van der Waals surface area (Å²) in [6.07, 6.45) is 1.53. The smallest absolute Gasteiger partial charge is 0.343 e. The summed E-state index contributed by atoms with van der Waals surface area (Å²) < 4.78 is 15.5. The number of hydrogen-bond acceptors (Lipinski definition) is 6. The molecule has 2 aromatic carbocycles. The summed E-state index contributed by atoms with van der Waals surface area (Å²) in [4.78, 5) is 37.4. The van der Waals surface area contributed by atoms with E-state index in [1.165, 1.54) is 19.3 Å². The lowest BCUT2D eigenvalue weighted by atomic mass is 10.1. The Balaban J connectivity index is 1.85. The Morgan fingerprint density at radius 1 is 1.13 bits per heavy atom. The number of amides is 3. The summed E-state index contributed by atoms with van der Waals surface area (Å²) in [5.41, 5.74) is 1.07. The van der Waals surface area contributed by atoms with Crippen LogP contribution in [0.1, 0.15) is 12.5 Å². The standard InChI is InChI=1S/C21H19ClN2O6/c1-3-29-18-10-13(7-8-17(18)30-12-19(25)28-2)9-16-20(26)24(21(27)23-16)15-6-4-5-14(22)11-15/h4-11H,3,12H2,1-2H3,(H,23,27). The van der Waals surface area contributed by atoms with Crippen molar-refractivity contribution in [3.8, 4) is 11.5 Å². The third kappa shape index (κ3) is 4.72. The first kappa shape index (κ1) is 21.2. The first-order valence-electron chi connectivity index (χ1n) is 9.02. The maximum Gasteiger partial charge on any atom is 0.343 e. The van der Waals surface area contributed by atoms with Crippen molar-refractivity contribution in [2.45, 2.75) is 6.92 Å². The molecule has 0 spiro atoms.